The quantitative estimate of drug-likeness (QED) is 0.352. The molecule has 0 radical (unpaired) electrons. The van der Waals surface area contributed by atoms with Crippen LogP contribution in [0.1, 0.15) is 13.8 Å². The van der Waals surface area contributed by atoms with E-state index in [1.54, 1.807) is 40.1 Å². The van der Waals surface area contributed by atoms with Gasteiger partial charge in [-0.05, 0) is 53.8 Å². The van der Waals surface area contributed by atoms with Gasteiger partial charge in [0.2, 0.25) is 5.91 Å². The van der Waals surface area contributed by atoms with Crippen LogP contribution in [-0.4, -0.2) is 39.3 Å². The molecule has 2 amide bonds. The minimum Gasteiger partial charge on any atom is -0.409 e. The Hall–Kier alpha value is -4.17. The molecule has 0 fully saturated rings. The second kappa shape index (κ2) is 9.37. The van der Waals surface area contributed by atoms with Gasteiger partial charge in [0.1, 0.15) is 5.75 Å². The van der Waals surface area contributed by atoms with Crippen molar-refractivity contribution in [3.8, 4) is 16.9 Å². The molecule has 0 saturated carbocycles. The number of hydrogen-bond donors (Lipinski definition) is 0. The molecule has 0 saturated heterocycles. The summed E-state index contributed by atoms with van der Waals surface area (Å²) in [5.74, 6) is 0.333. The van der Waals surface area contributed by atoms with E-state index in [-0.39, 0.29) is 23.4 Å². The van der Waals surface area contributed by atoms with E-state index in [0.717, 1.165) is 28.2 Å². The Morgan fingerprint density at radius 3 is 2.24 bits per heavy atom. The maximum Gasteiger partial charge on any atom is 0.419 e. The molecule has 7 nitrogen and oxygen atoms in total. The first-order chi connectivity index (χ1) is 17.6. The summed E-state index contributed by atoms with van der Waals surface area (Å²) in [5, 5.41) is 1.79. The van der Waals surface area contributed by atoms with Crippen LogP contribution in [-0.2, 0) is 14.6 Å². The van der Waals surface area contributed by atoms with Crippen LogP contribution in [0.3, 0.4) is 0 Å². The van der Waals surface area contributed by atoms with Gasteiger partial charge in [-0.2, -0.15) is 0 Å². The van der Waals surface area contributed by atoms with E-state index in [9.17, 15) is 18.0 Å². The monoisotopic (exact) mass is 514 g/mol. The zero-order valence-electron chi connectivity index (χ0n) is 20.7. The van der Waals surface area contributed by atoms with E-state index in [1.807, 2.05) is 61.5 Å². The zero-order chi connectivity index (χ0) is 26.3. The smallest absolute Gasteiger partial charge is 0.409 e. The summed E-state index contributed by atoms with van der Waals surface area (Å²) in [6, 6.07) is 25.0. The lowest BCUT2D eigenvalue weighted by molar-refractivity contribution is -0.117. The van der Waals surface area contributed by atoms with Crippen LogP contribution in [0, 0.1) is 0 Å². The van der Waals surface area contributed by atoms with Crippen LogP contribution in [0.2, 0.25) is 0 Å². The second-order valence-corrected chi connectivity index (χ2v) is 11.2. The number of anilines is 2. The van der Waals surface area contributed by atoms with Gasteiger partial charge in [0, 0.05) is 25.1 Å². The molecule has 0 N–H and O–H groups in total. The van der Waals surface area contributed by atoms with E-state index in [2.05, 4.69) is 0 Å². The number of nitrogens with zero attached hydrogens (tertiary/aromatic N) is 2. The van der Waals surface area contributed by atoms with Crippen molar-refractivity contribution in [2.75, 3.05) is 22.6 Å². The molecule has 0 aliphatic carbocycles. The van der Waals surface area contributed by atoms with Crippen LogP contribution < -0.4 is 14.5 Å². The number of carbonyl (C=O) groups excluding carboxylic acids is 2. The van der Waals surface area contributed by atoms with E-state index >= 15 is 0 Å². The molecule has 0 aromatic heterocycles. The molecule has 1 atom stereocenters. The van der Waals surface area contributed by atoms with Crippen molar-refractivity contribution >= 4 is 44.0 Å². The van der Waals surface area contributed by atoms with E-state index < -0.39 is 15.9 Å². The fraction of sp³-hybridized carbons (Fsp3) is 0.172. The third kappa shape index (κ3) is 4.68. The Kier molecular flexibility index (Phi) is 6.21. The van der Waals surface area contributed by atoms with Crippen molar-refractivity contribution < 1.29 is 22.7 Å². The predicted octanol–water partition coefficient (Wildman–Crippen LogP) is 5.67. The summed E-state index contributed by atoms with van der Waals surface area (Å²) in [7, 11) is -3.32. The molecular weight excluding hydrogens is 488 g/mol. The Balaban J connectivity index is 1.55. The molecule has 4 aromatic carbocycles. The molecule has 1 aliphatic rings. The third-order valence-corrected chi connectivity index (χ3v) is 7.66. The number of hydrogen-bond acceptors (Lipinski definition) is 5. The fourth-order valence-corrected chi connectivity index (χ4v) is 5.42. The highest BCUT2D eigenvalue weighted by atomic mass is 32.2. The lowest BCUT2D eigenvalue weighted by atomic mass is 10.0. The molecular formula is C29H26N2O5S. The Morgan fingerprint density at radius 1 is 0.865 bits per heavy atom. The summed E-state index contributed by atoms with van der Waals surface area (Å²) in [5.41, 5.74) is 2.71. The van der Waals surface area contributed by atoms with E-state index in [0.29, 0.717) is 17.1 Å². The largest absolute Gasteiger partial charge is 0.419 e. The van der Waals surface area contributed by atoms with Crippen molar-refractivity contribution in [3.05, 3.63) is 84.9 Å². The van der Waals surface area contributed by atoms with Crippen LogP contribution in [0.25, 0.3) is 21.9 Å². The van der Waals surface area contributed by atoms with Gasteiger partial charge in [0.05, 0.1) is 22.3 Å². The Labute approximate surface area is 215 Å². The summed E-state index contributed by atoms with van der Waals surface area (Å²) in [6.07, 6.45) is 0.620. The number of benzene rings is 4. The van der Waals surface area contributed by atoms with Gasteiger partial charge in [-0.3, -0.25) is 9.69 Å². The SMILES string of the molecule is CC(=O)N1c2ccc(-c3ccc(S(C)(=O)=O)cc3)cc2N(C(=O)Oc2cccc3ccccc23)CC1C. The molecule has 188 valence electrons. The van der Waals surface area contributed by atoms with Gasteiger partial charge >= 0.3 is 6.09 Å². The number of amides is 2. The summed E-state index contributed by atoms with van der Waals surface area (Å²) >= 11 is 0. The second-order valence-electron chi connectivity index (χ2n) is 9.19. The van der Waals surface area contributed by atoms with E-state index in [1.165, 1.54) is 6.92 Å². The first kappa shape index (κ1) is 24.5. The number of carbonyl (C=O) groups is 2. The van der Waals surface area contributed by atoms with Gasteiger partial charge in [-0.25, -0.2) is 13.2 Å². The highest BCUT2D eigenvalue weighted by Gasteiger charge is 2.35. The minimum absolute atomic E-state index is 0.124. The summed E-state index contributed by atoms with van der Waals surface area (Å²) < 4.78 is 29.6. The highest BCUT2D eigenvalue weighted by Crippen LogP contribution is 2.39. The highest BCUT2D eigenvalue weighted by molar-refractivity contribution is 7.90. The van der Waals surface area contributed by atoms with Gasteiger partial charge in [-0.1, -0.05) is 54.6 Å². The molecule has 5 rings (SSSR count). The molecule has 1 heterocycles. The van der Waals surface area contributed by atoms with Gasteiger partial charge < -0.3 is 9.64 Å². The molecule has 4 aromatic rings. The predicted molar refractivity (Wildman–Crippen MR) is 145 cm³/mol. The molecule has 1 aliphatic heterocycles. The first-order valence-corrected chi connectivity index (χ1v) is 13.7. The number of ether oxygens (including phenoxy) is 1. The fourth-order valence-electron chi connectivity index (χ4n) is 4.79. The van der Waals surface area contributed by atoms with Crippen molar-refractivity contribution in [2.24, 2.45) is 0 Å². The van der Waals surface area contributed by atoms with Crippen molar-refractivity contribution in [2.45, 2.75) is 24.8 Å². The molecule has 8 heteroatoms. The third-order valence-electron chi connectivity index (χ3n) is 6.54. The molecule has 1 unspecified atom stereocenters. The number of fused-ring (bicyclic) bond motifs is 2. The van der Waals surface area contributed by atoms with Crippen molar-refractivity contribution in [3.63, 3.8) is 0 Å². The van der Waals surface area contributed by atoms with Crippen molar-refractivity contribution in [1.82, 2.24) is 0 Å². The maximum absolute atomic E-state index is 13.5. The summed E-state index contributed by atoms with van der Waals surface area (Å²) in [6.45, 7) is 3.65. The van der Waals surface area contributed by atoms with Crippen molar-refractivity contribution in [1.29, 1.82) is 0 Å². The van der Waals surface area contributed by atoms with Gasteiger partial charge in [0.25, 0.3) is 0 Å². The first-order valence-electron chi connectivity index (χ1n) is 11.8. The van der Waals surface area contributed by atoms with Crippen LogP contribution in [0.15, 0.2) is 89.8 Å². The van der Waals surface area contributed by atoms with Crippen LogP contribution in [0.5, 0.6) is 5.75 Å². The normalized spacial score (nSPS) is 15.4. The molecule has 0 bridgehead atoms. The minimum atomic E-state index is -3.32. The standard InChI is InChI=1S/C29H26N2O5S/c1-19-18-30(29(33)36-28-10-6-8-22-7-4-5-9-25(22)28)27-17-23(13-16-26(27)31(19)20(2)32)21-11-14-24(15-12-21)37(3,34)35/h4-17,19H,18H2,1-3H3. The summed E-state index contributed by atoms with van der Waals surface area (Å²) in [4.78, 5) is 29.5. The number of sulfone groups is 1. The Bertz CT molecular complexity index is 1620. The number of rotatable bonds is 3. The average Bonchev–Trinajstić information content (AvgIpc) is 2.87. The topological polar surface area (TPSA) is 84.0 Å². The van der Waals surface area contributed by atoms with Gasteiger partial charge in [0.15, 0.2) is 9.84 Å². The Morgan fingerprint density at radius 2 is 1.54 bits per heavy atom. The molecule has 0 spiro atoms. The van der Waals surface area contributed by atoms with Crippen LogP contribution in [0.4, 0.5) is 16.2 Å². The zero-order valence-corrected chi connectivity index (χ0v) is 21.5. The van der Waals surface area contributed by atoms with E-state index in [4.69, 9.17) is 4.74 Å². The lowest BCUT2D eigenvalue weighted by Gasteiger charge is -2.40. The van der Waals surface area contributed by atoms with Crippen LogP contribution >= 0.6 is 0 Å². The average molecular weight is 515 g/mol. The molecule has 37 heavy (non-hydrogen) atoms. The van der Waals surface area contributed by atoms with Gasteiger partial charge in [-0.15, -0.1) is 0 Å². The maximum atomic E-state index is 13.5. The lowest BCUT2D eigenvalue weighted by Crippen LogP contribution is -2.52.